The minimum Gasteiger partial charge on any atom is -0.436 e. The molecule has 6 rings (SSSR count). The lowest BCUT2D eigenvalue weighted by Gasteiger charge is -2.42. The normalized spacial score (nSPS) is 19.9. The van der Waals surface area contributed by atoms with E-state index in [9.17, 15) is 4.21 Å². The lowest BCUT2D eigenvalue weighted by molar-refractivity contribution is -0.0661. The maximum Gasteiger partial charge on any atom is 0.225 e. The Kier molecular flexibility index (Phi) is 9.57. The smallest absolute Gasteiger partial charge is 0.225 e. The summed E-state index contributed by atoms with van der Waals surface area (Å²) in [6.07, 6.45) is 7.32. The van der Waals surface area contributed by atoms with Crippen LogP contribution in [0.25, 0.3) is 11.3 Å². The first kappa shape index (κ1) is 29.7. The van der Waals surface area contributed by atoms with Crippen LogP contribution in [0.2, 0.25) is 10.0 Å². The molecule has 5 heterocycles. The molecule has 3 aromatic rings. The van der Waals surface area contributed by atoms with Crippen molar-refractivity contribution in [3.63, 3.8) is 0 Å². The van der Waals surface area contributed by atoms with Crippen molar-refractivity contribution in [1.82, 2.24) is 24.8 Å². The summed E-state index contributed by atoms with van der Waals surface area (Å²) >= 11 is 12.6. The molecule has 0 radical (unpaired) electrons. The Balaban J connectivity index is 1.16. The maximum atomic E-state index is 11.7. The molecule has 0 amide bonds. The zero-order valence-corrected chi connectivity index (χ0v) is 26.1. The lowest BCUT2D eigenvalue weighted by Crippen LogP contribution is -2.56. The van der Waals surface area contributed by atoms with E-state index in [0.717, 1.165) is 94.4 Å². The second-order valence-electron chi connectivity index (χ2n) is 11.4. The van der Waals surface area contributed by atoms with Crippen LogP contribution >= 0.6 is 23.2 Å². The van der Waals surface area contributed by atoms with E-state index >= 15 is 0 Å². The van der Waals surface area contributed by atoms with E-state index in [1.807, 2.05) is 18.2 Å². The van der Waals surface area contributed by atoms with Crippen LogP contribution < -0.4 is 9.64 Å². The van der Waals surface area contributed by atoms with Crippen LogP contribution in [0, 0.1) is 5.92 Å². The fourth-order valence-electron chi connectivity index (χ4n) is 5.82. The third-order valence-corrected chi connectivity index (χ3v) is 9.55. The van der Waals surface area contributed by atoms with E-state index in [1.165, 1.54) is 0 Å². The molecule has 1 aromatic carbocycles. The van der Waals surface area contributed by atoms with Crippen molar-refractivity contribution >= 4 is 39.9 Å². The summed E-state index contributed by atoms with van der Waals surface area (Å²) in [6, 6.07) is 10.0. The van der Waals surface area contributed by atoms with Crippen molar-refractivity contribution in [2.45, 2.75) is 25.4 Å². The van der Waals surface area contributed by atoms with Gasteiger partial charge in [-0.1, -0.05) is 23.2 Å². The van der Waals surface area contributed by atoms with Crippen molar-refractivity contribution in [2.24, 2.45) is 5.92 Å². The molecule has 42 heavy (non-hydrogen) atoms. The van der Waals surface area contributed by atoms with Gasteiger partial charge < -0.3 is 14.4 Å². The third kappa shape index (κ3) is 7.59. The fraction of sp³-hybridized carbons (Fsp3) is 0.500. The number of pyridine rings is 1. The molecule has 3 fully saturated rings. The van der Waals surface area contributed by atoms with Crippen LogP contribution in [0.1, 0.15) is 18.4 Å². The highest BCUT2D eigenvalue weighted by molar-refractivity contribution is 7.84. The van der Waals surface area contributed by atoms with Gasteiger partial charge in [0.2, 0.25) is 11.8 Å². The van der Waals surface area contributed by atoms with Crippen LogP contribution in [0.3, 0.4) is 0 Å². The van der Waals surface area contributed by atoms with E-state index < -0.39 is 10.8 Å². The number of halogens is 2. The molecular formula is C30H36Cl2N6O3S. The number of rotatable bonds is 9. The van der Waals surface area contributed by atoms with Gasteiger partial charge in [0.05, 0.1) is 37.3 Å². The van der Waals surface area contributed by atoms with Crippen molar-refractivity contribution < 1.29 is 13.7 Å². The Morgan fingerprint density at radius 1 is 0.952 bits per heavy atom. The fourth-order valence-corrected chi connectivity index (χ4v) is 7.34. The Hall–Kier alpha value is -2.34. The van der Waals surface area contributed by atoms with Gasteiger partial charge in [-0.2, -0.15) is 0 Å². The van der Waals surface area contributed by atoms with Gasteiger partial charge in [0.25, 0.3) is 0 Å². The van der Waals surface area contributed by atoms with E-state index in [4.69, 9.17) is 37.7 Å². The highest BCUT2D eigenvalue weighted by Gasteiger charge is 2.29. The Bertz CT molecular complexity index is 1370. The van der Waals surface area contributed by atoms with Crippen LogP contribution in [0.15, 0.2) is 42.7 Å². The number of aromatic nitrogens is 3. The van der Waals surface area contributed by atoms with Gasteiger partial charge in [0.1, 0.15) is 0 Å². The number of piperidine rings is 1. The number of benzene rings is 1. The van der Waals surface area contributed by atoms with Crippen LogP contribution in [-0.4, -0.2) is 99.5 Å². The average Bonchev–Trinajstić information content (AvgIpc) is 2.93. The van der Waals surface area contributed by atoms with Crippen LogP contribution in [-0.2, 0) is 22.1 Å². The molecule has 3 aliphatic heterocycles. The zero-order chi connectivity index (χ0) is 29.1. The molecule has 2 aromatic heterocycles. The number of ether oxygens (including phenoxy) is 2. The monoisotopic (exact) mass is 630 g/mol. The molecule has 0 bridgehead atoms. The van der Waals surface area contributed by atoms with E-state index in [1.54, 1.807) is 24.7 Å². The summed E-state index contributed by atoms with van der Waals surface area (Å²) in [7, 11) is -0.752. The third-order valence-electron chi connectivity index (χ3n) is 8.17. The summed E-state index contributed by atoms with van der Waals surface area (Å²) in [5.74, 6) is 3.00. The van der Waals surface area contributed by atoms with Gasteiger partial charge in [0.15, 0.2) is 5.75 Å². The first-order valence-corrected chi connectivity index (χ1v) is 16.9. The Labute approximate surface area is 259 Å². The molecule has 3 saturated heterocycles. The predicted molar refractivity (Wildman–Crippen MR) is 167 cm³/mol. The number of hydrogen-bond acceptors (Lipinski definition) is 9. The minimum atomic E-state index is -0.752. The standard InChI is InChI=1S/C30H36Cl2N6O3S/c1-42(39)20-21-2-4-36(5-3-21)17-22-10-28(23-12-24(31)14-25(32)13-23)35-29(11-22)41-27-15-33-30(34-16-27)38-8-6-37(7-9-38)26-18-40-19-26/h10-16,21,26H,2-9,17-20H2,1H3. The molecule has 3 aliphatic rings. The van der Waals surface area contributed by atoms with Crippen LogP contribution in [0.5, 0.6) is 11.6 Å². The summed E-state index contributed by atoms with van der Waals surface area (Å²) < 4.78 is 23.2. The largest absolute Gasteiger partial charge is 0.436 e. The summed E-state index contributed by atoms with van der Waals surface area (Å²) in [5.41, 5.74) is 2.63. The highest BCUT2D eigenvalue weighted by Crippen LogP contribution is 2.31. The number of nitrogens with zero attached hydrogens (tertiary/aromatic N) is 6. The SMILES string of the molecule is CS(=O)CC1CCN(Cc2cc(Oc3cnc(N4CCN(C5COC5)CC4)nc3)nc(-c3cc(Cl)cc(Cl)c3)c2)CC1. The predicted octanol–water partition coefficient (Wildman–Crippen LogP) is 4.75. The van der Waals surface area contributed by atoms with E-state index in [-0.39, 0.29) is 0 Å². The first-order chi connectivity index (χ1) is 20.4. The number of likely N-dealkylation sites (tertiary alicyclic amines) is 1. The molecule has 224 valence electrons. The number of piperazine rings is 1. The average molecular weight is 632 g/mol. The second kappa shape index (κ2) is 13.5. The van der Waals surface area contributed by atoms with Crippen LogP contribution in [0.4, 0.5) is 5.95 Å². The maximum absolute atomic E-state index is 11.7. The summed E-state index contributed by atoms with van der Waals surface area (Å²) in [5, 5.41) is 1.10. The van der Waals surface area contributed by atoms with Gasteiger partial charge >= 0.3 is 0 Å². The molecule has 1 unspecified atom stereocenters. The van der Waals surface area contributed by atoms with Gasteiger partial charge in [-0.3, -0.25) is 14.0 Å². The summed E-state index contributed by atoms with van der Waals surface area (Å²) in [4.78, 5) is 21.1. The van der Waals surface area contributed by atoms with Crippen molar-refractivity contribution in [3.05, 3.63) is 58.3 Å². The topological polar surface area (TPSA) is 83.9 Å². The lowest BCUT2D eigenvalue weighted by atomic mass is 9.98. The minimum absolute atomic E-state index is 0.461. The molecule has 0 saturated carbocycles. The van der Waals surface area contributed by atoms with Crippen molar-refractivity contribution in [3.8, 4) is 22.9 Å². The van der Waals surface area contributed by atoms with Gasteiger partial charge in [-0.15, -0.1) is 0 Å². The molecule has 0 N–H and O–H groups in total. The van der Waals surface area contributed by atoms with E-state index in [2.05, 4.69) is 30.7 Å². The number of hydrogen-bond donors (Lipinski definition) is 0. The molecule has 0 aliphatic carbocycles. The van der Waals surface area contributed by atoms with Gasteiger partial charge in [0, 0.05) is 77.2 Å². The zero-order valence-electron chi connectivity index (χ0n) is 23.8. The molecule has 1 atom stereocenters. The Morgan fingerprint density at radius 3 is 2.26 bits per heavy atom. The molecular weight excluding hydrogens is 595 g/mol. The highest BCUT2D eigenvalue weighted by atomic mass is 35.5. The molecule has 12 heteroatoms. The van der Waals surface area contributed by atoms with Crippen molar-refractivity contribution in [2.75, 3.05) is 69.4 Å². The van der Waals surface area contributed by atoms with Gasteiger partial charge in [-0.05, 0) is 61.7 Å². The first-order valence-electron chi connectivity index (χ1n) is 14.4. The quantitative estimate of drug-likeness (QED) is 0.332. The Morgan fingerprint density at radius 2 is 1.64 bits per heavy atom. The van der Waals surface area contributed by atoms with Crippen molar-refractivity contribution in [1.29, 1.82) is 0 Å². The van der Waals surface area contributed by atoms with Gasteiger partial charge in [-0.25, -0.2) is 15.0 Å². The van der Waals surface area contributed by atoms with E-state index in [0.29, 0.717) is 39.6 Å². The molecule has 0 spiro atoms. The second-order valence-corrected chi connectivity index (χ2v) is 13.7. The number of anilines is 1. The molecule has 9 nitrogen and oxygen atoms in total. The summed E-state index contributed by atoms with van der Waals surface area (Å²) in [6.45, 7) is 8.12.